The van der Waals surface area contributed by atoms with Crippen molar-refractivity contribution in [3.05, 3.63) is 30.4 Å². The summed E-state index contributed by atoms with van der Waals surface area (Å²) in [6.45, 7) is 3.60. The van der Waals surface area contributed by atoms with Crippen LogP contribution in [-0.4, -0.2) is 34.9 Å². The molecule has 2 aromatic rings. The Labute approximate surface area is 94.4 Å². The Bertz CT molecular complexity index is 448. The van der Waals surface area contributed by atoms with Crippen LogP contribution in [0.4, 0.5) is 0 Å². The van der Waals surface area contributed by atoms with Crippen molar-refractivity contribution in [1.82, 2.24) is 19.9 Å². The molecule has 1 atom stereocenters. The summed E-state index contributed by atoms with van der Waals surface area (Å²) < 4.78 is 7.03. The molecule has 0 aromatic carbocycles. The smallest absolute Gasteiger partial charge is 0.0893 e. The normalized spacial score (nSPS) is 13.1. The quantitative estimate of drug-likeness (QED) is 0.817. The second-order valence-corrected chi connectivity index (χ2v) is 3.57. The summed E-state index contributed by atoms with van der Waals surface area (Å²) >= 11 is 0. The molecule has 2 rings (SSSR count). The lowest BCUT2D eigenvalue weighted by Crippen LogP contribution is -2.24. The molecular weight excluding hydrogens is 204 g/mol. The first-order chi connectivity index (χ1) is 7.86. The maximum Gasteiger partial charge on any atom is 0.0893 e. The fourth-order valence-electron chi connectivity index (χ4n) is 1.79. The van der Waals surface area contributed by atoms with E-state index >= 15 is 0 Å². The van der Waals surface area contributed by atoms with E-state index in [1.54, 1.807) is 13.3 Å². The maximum atomic E-state index is 5.21. The monoisotopic (exact) mass is 220 g/mol. The minimum atomic E-state index is 0.164. The number of nitrogens with zero attached hydrogens (tertiary/aromatic N) is 3. The average Bonchev–Trinajstić information content (AvgIpc) is 2.72. The van der Waals surface area contributed by atoms with Gasteiger partial charge in [0.2, 0.25) is 0 Å². The summed E-state index contributed by atoms with van der Waals surface area (Å²) in [4.78, 5) is 4.12. The highest BCUT2D eigenvalue weighted by Crippen LogP contribution is 2.18. The lowest BCUT2D eigenvalue weighted by Gasteiger charge is -2.15. The predicted octanol–water partition coefficient (Wildman–Crippen LogP) is 1.03. The van der Waals surface area contributed by atoms with Crippen molar-refractivity contribution < 1.29 is 4.74 Å². The van der Waals surface area contributed by atoms with Crippen molar-refractivity contribution in [2.75, 3.05) is 20.3 Å². The number of hydrogen-bond acceptors (Lipinski definition) is 4. The van der Waals surface area contributed by atoms with Gasteiger partial charge in [-0.1, -0.05) is 6.92 Å². The van der Waals surface area contributed by atoms with Crippen LogP contribution in [0.5, 0.6) is 0 Å². The second-order valence-electron chi connectivity index (χ2n) is 3.57. The summed E-state index contributed by atoms with van der Waals surface area (Å²) in [7, 11) is 1.70. The first kappa shape index (κ1) is 11.0. The van der Waals surface area contributed by atoms with Gasteiger partial charge < -0.3 is 10.1 Å². The molecule has 1 unspecified atom stereocenters. The lowest BCUT2D eigenvalue weighted by molar-refractivity contribution is 0.168. The Morgan fingerprint density at radius 1 is 1.50 bits per heavy atom. The summed E-state index contributed by atoms with van der Waals surface area (Å²) in [5.41, 5.74) is 2.14. The van der Waals surface area contributed by atoms with Crippen LogP contribution in [0.2, 0.25) is 0 Å². The van der Waals surface area contributed by atoms with Gasteiger partial charge in [0.15, 0.2) is 0 Å². The Balaban J connectivity index is 2.36. The van der Waals surface area contributed by atoms with Crippen LogP contribution in [0.15, 0.2) is 24.8 Å². The van der Waals surface area contributed by atoms with Gasteiger partial charge in [0.25, 0.3) is 0 Å². The van der Waals surface area contributed by atoms with E-state index in [-0.39, 0.29) is 6.04 Å². The summed E-state index contributed by atoms with van der Waals surface area (Å²) in [5, 5.41) is 7.66. The van der Waals surface area contributed by atoms with Gasteiger partial charge in [-0.25, -0.2) is 4.52 Å². The number of likely N-dealkylation sites (N-methyl/N-ethyl adjacent to an activating group) is 1. The number of ether oxygens (including phenoxy) is 1. The van der Waals surface area contributed by atoms with Crippen LogP contribution in [-0.2, 0) is 4.74 Å². The molecule has 0 radical (unpaired) electrons. The van der Waals surface area contributed by atoms with E-state index in [2.05, 4.69) is 22.3 Å². The van der Waals surface area contributed by atoms with Crippen LogP contribution < -0.4 is 5.32 Å². The molecule has 0 aliphatic heterocycles. The van der Waals surface area contributed by atoms with Crippen LogP contribution in [0, 0.1) is 0 Å². The van der Waals surface area contributed by atoms with E-state index < -0.39 is 0 Å². The number of hydrogen-bond donors (Lipinski definition) is 1. The molecule has 2 heterocycles. The highest BCUT2D eigenvalue weighted by molar-refractivity contribution is 5.53. The standard InChI is InChI=1S/C11H16N4O/c1-3-13-10(8-16-2)9-6-14-15-5-4-12-7-11(9)15/h4-7,10,13H,3,8H2,1-2H3. The largest absolute Gasteiger partial charge is 0.383 e. The van der Waals surface area contributed by atoms with Gasteiger partial charge in [0.05, 0.1) is 30.6 Å². The van der Waals surface area contributed by atoms with Crippen molar-refractivity contribution in [1.29, 1.82) is 0 Å². The zero-order valence-electron chi connectivity index (χ0n) is 9.55. The highest BCUT2D eigenvalue weighted by Gasteiger charge is 2.15. The molecule has 0 saturated carbocycles. The first-order valence-corrected chi connectivity index (χ1v) is 5.36. The van der Waals surface area contributed by atoms with E-state index in [0.717, 1.165) is 17.6 Å². The van der Waals surface area contributed by atoms with Crippen molar-refractivity contribution >= 4 is 5.52 Å². The molecule has 5 nitrogen and oxygen atoms in total. The molecule has 5 heteroatoms. The Kier molecular flexibility index (Phi) is 3.48. The molecule has 86 valence electrons. The van der Waals surface area contributed by atoms with E-state index in [9.17, 15) is 0 Å². The SMILES string of the molecule is CCNC(COC)c1cnn2ccncc12. The van der Waals surface area contributed by atoms with E-state index in [1.807, 2.05) is 23.1 Å². The molecule has 0 amide bonds. The molecule has 0 bridgehead atoms. The molecule has 2 aromatic heterocycles. The Hall–Kier alpha value is -1.46. The van der Waals surface area contributed by atoms with Crippen molar-refractivity contribution in [2.45, 2.75) is 13.0 Å². The third-order valence-corrected chi connectivity index (χ3v) is 2.51. The van der Waals surface area contributed by atoms with E-state index in [1.165, 1.54) is 0 Å². The zero-order valence-corrected chi connectivity index (χ0v) is 9.55. The number of nitrogens with one attached hydrogen (secondary N) is 1. The maximum absolute atomic E-state index is 5.21. The van der Waals surface area contributed by atoms with E-state index in [4.69, 9.17) is 4.74 Å². The third kappa shape index (κ3) is 2.05. The number of rotatable bonds is 5. The zero-order chi connectivity index (χ0) is 11.4. The van der Waals surface area contributed by atoms with Crippen LogP contribution in [0.25, 0.3) is 5.52 Å². The highest BCUT2D eigenvalue weighted by atomic mass is 16.5. The van der Waals surface area contributed by atoms with Crippen molar-refractivity contribution in [3.63, 3.8) is 0 Å². The van der Waals surface area contributed by atoms with Gasteiger partial charge in [-0.2, -0.15) is 5.10 Å². The number of fused-ring (bicyclic) bond motifs is 1. The van der Waals surface area contributed by atoms with Crippen molar-refractivity contribution in [3.8, 4) is 0 Å². The summed E-state index contributed by atoms with van der Waals surface area (Å²) in [5.74, 6) is 0. The minimum absolute atomic E-state index is 0.164. The molecular formula is C11H16N4O. The third-order valence-electron chi connectivity index (χ3n) is 2.51. The molecule has 0 aliphatic carbocycles. The van der Waals surface area contributed by atoms with Gasteiger partial charge in [0.1, 0.15) is 0 Å². The Morgan fingerprint density at radius 3 is 3.12 bits per heavy atom. The predicted molar refractivity (Wildman–Crippen MR) is 61.3 cm³/mol. The molecule has 16 heavy (non-hydrogen) atoms. The van der Waals surface area contributed by atoms with Gasteiger partial charge in [-0.15, -0.1) is 0 Å². The van der Waals surface area contributed by atoms with Gasteiger partial charge in [-0.05, 0) is 6.54 Å². The fourth-order valence-corrected chi connectivity index (χ4v) is 1.79. The van der Waals surface area contributed by atoms with Crippen LogP contribution >= 0.6 is 0 Å². The van der Waals surface area contributed by atoms with Gasteiger partial charge in [0, 0.05) is 25.1 Å². The molecule has 0 saturated heterocycles. The number of aromatic nitrogens is 3. The summed E-state index contributed by atoms with van der Waals surface area (Å²) in [6.07, 6.45) is 7.25. The van der Waals surface area contributed by atoms with E-state index in [0.29, 0.717) is 6.61 Å². The second kappa shape index (κ2) is 5.05. The van der Waals surface area contributed by atoms with Gasteiger partial charge in [-0.3, -0.25) is 4.98 Å². The molecule has 0 aliphatic rings. The lowest BCUT2D eigenvalue weighted by atomic mass is 10.1. The Morgan fingerprint density at radius 2 is 2.38 bits per heavy atom. The molecule has 0 spiro atoms. The molecule has 0 fully saturated rings. The van der Waals surface area contributed by atoms with Crippen LogP contribution in [0.3, 0.4) is 0 Å². The first-order valence-electron chi connectivity index (χ1n) is 5.36. The molecule has 1 N–H and O–H groups in total. The summed E-state index contributed by atoms with van der Waals surface area (Å²) in [6, 6.07) is 0.164. The topological polar surface area (TPSA) is 51.5 Å². The fraction of sp³-hybridized carbons (Fsp3) is 0.455. The minimum Gasteiger partial charge on any atom is -0.383 e. The van der Waals surface area contributed by atoms with Crippen LogP contribution in [0.1, 0.15) is 18.5 Å². The van der Waals surface area contributed by atoms with Gasteiger partial charge >= 0.3 is 0 Å². The van der Waals surface area contributed by atoms with Crippen molar-refractivity contribution in [2.24, 2.45) is 0 Å². The average molecular weight is 220 g/mol. The number of methoxy groups -OCH3 is 1.